The van der Waals surface area contributed by atoms with Gasteiger partial charge < -0.3 is 14.4 Å². The number of fused-ring (bicyclic) bond motifs is 3. The largest absolute Gasteiger partial charge is 0.493 e. The van der Waals surface area contributed by atoms with Crippen molar-refractivity contribution in [2.75, 3.05) is 44.9 Å². The molecule has 1 N–H and O–H groups in total. The quantitative estimate of drug-likeness (QED) is 0.341. The van der Waals surface area contributed by atoms with Gasteiger partial charge in [-0.1, -0.05) is 11.3 Å². The second kappa shape index (κ2) is 10.2. The van der Waals surface area contributed by atoms with Gasteiger partial charge in [0.2, 0.25) is 0 Å². The number of aromatic nitrogens is 6. The third-order valence-corrected chi connectivity index (χ3v) is 9.72. The molecule has 218 valence electrons. The van der Waals surface area contributed by atoms with Crippen LogP contribution < -0.4 is 9.64 Å². The first-order chi connectivity index (χ1) is 19.8. The predicted molar refractivity (Wildman–Crippen MR) is 147 cm³/mol. The van der Waals surface area contributed by atoms with E-state index in [1.165, 1.54) is 29.3 Å². The molecule has 14 heteroatoms. The van der Waals surface area contributed by atoms with E-state index >= 15 is 0 Å². The molecule has 0 unspecified atom stereocenters. The summed E-state index contributed by atoms with van der Waals surface area (Å²) < 4.78 is 54.0. The van der Waals surface area contributed by atoms with Crippen molar-refractivity contribution in [3.63, 3.8) is 0 Å². The molecule has 3 aliphatic heterocycles. The Hall–Kier alpha value is -3.23. The first-order valence-electron chi connectivity index (χ1n) is 13.9. The highest BCUT2D eigenvalue weighted by atomic mass is 32.1. The molecule has 7 rings (SSSR count). The van der Waals surface area contributed by atoms with Crippen LogP contribution >= 0.6 is 11.3 Å². The maximum Gasteiger partial charge on any atom is 0.393 e. The number of halogens is 3. The predicted octanol–water partition coefficient (Wildman–Crippen LogP) is 4.35. The molecule has 4 aromatic heterocycles. The number of nitrogens with zero attached hydrogens (tertiary/aromatic N) is 7. The lowest BCUT2D eigenvalue weighted by atomic mass is 9.99. The molecular formula is C27H31F3N8O2S. The first-order valence-corrected chi connectivity index (χ1v) is 14.7. The Morgan fingerprint density at radius 1 is 1.20 bits per heavy atom. The highest BCUT2D eigenvalue weighted by Crippen LogP contribution is 2.44. The molecule has 7 heterocycles. The van der Waals surface area contributed by atoms with E-state index in [-0.39, 0.29) is 17.0 Å². The molecule has 4 aromatic rings. The van der Waals surface area contributed by atoms with Crippen LogP contribution in [0.1, 0.15) is 30.5 Å². The van der Waals surface area contributed by atoms with Crippen LogP contribution in [0.2, 0.25) is 0 Å². The minimum absolute atomic E-state index is 0.0462. The highest BCUT2D eigenvalue weighted by molar-refractivity contribution is 7.19. The van der Waals surface area contributed by atoms with E-state index in [1.807, 2.05) is 6.92 Å². The molecule has 0 radical (unpaired) electrons. The Labute approximate surface area is 238 Å². The number of nitrogens with one attached hydrogen (secondary N) is 1. The molecule has 3 fully saturated rings. The second-order valence-corrected chi connectivity index (χ2v) is 12.1. The van der Waals surface area contributed by atoms with Crippen LogP contribution in [0, 0.1) is 12.8 Å². The average Bonchev–Trinajstić information content (AvgIpc) is 3.76. The van der Waals surface area contributed by atoms with Gasteiger partial charge in [-0.2, -0.15) is 23.4 Å². The fourth-order valence-electron chi connectivity index (χ4n) is 6.57. The molecular weight excluding hydrogens is 557 g/mol. The molecule has 0 spiro atoms. The maximum atomic E-state index is 13.9. The third kappa shape index (κ3) is 4.95. The van der Waals surface area contributed by atoms with Crippen LogP contribution in [0.4, 0.5) is 18.2 Å². The molecule has 0 aliphatic carbocycles. The van der Waals surface area contributed by atoms with Crippen LogP contribution in [-0.2, 0) is 11.2 Å². The Morgan fingerprint density at radius 3 is 2.76 bits per heavy atom. The molecule has 0 saturated carbocycles. The molecule has 2 atom stereocenters. The molecule has 0 aromatic carbocycles. The van der Waals surface area contributed by atoms with Gasteiger partial charge in [0.1, 0.15) is 22.0 Å². The summed E-state index contributed by atoms with van der Waals surface area (Å²) in [6, 6.07) is 2.53. The summed E-state index contributed by atoms with van der Waals surface area (Å²) in [4.78, 5) is 13.9. The summed E-state index contributed by atoms with van der Waals surface area (Å²) in [5.41, 5.74) is 2.28. The molecule has 2 bridgehead atoms. The van der Waals surface area contributed by atoms with Crippen LogP contribution in [0.5, 0.6) is 5.75 Å². The number of anilines is 1. The topological polar surface area (TPSA) is 96.7 Å². The fourth-order valence-corrected chi connectivity index (χ4v) is 7.74. The van der Waals surface area contributed by atoms with Gasteiger partial charge in [0.05, 0.1) is 24.9 Å². The summed E-state index contributed by atoms with van der Waals surface area (Å²) in [5, 5.41) is 12.9. The number of ether oxygens (including phenoxy) is 2. The molecule has 0 amide bonds. The van der Waals surface area contributed by atoms with E-state index in [1.54, 1.807) is 12.3 Å². The smallest absolute Gasteiger partial charge is 0.393 e. The summed E-state index contributed by atoms with van der Waals surface area (Å²) >= 11 is 1.42. The van der Waals surface area contributed by atoms with Crippen molar-refractivity contribution in [1.29, 1.82) is 0 Å². The van der Waals surface area contributed by atoms with Gasteiger partial charge in [-0.3, -0.25) is 10.00 Å². The van der Waals surface area contributed by atoms with E-state index in [2.05, 4.69) is 30.1 Å². The van der Waals surface area contributed by atoms with E-state index in [0.717, 1.165) is 62.8 Å². The van der Waals surface area contributed by atoms with Crippen LogP contribution in [0.15, 0.2) is 18.6 Å². The van der Waals surface area contributed by atoms with Crippen molar-refractivity contribution in [3.05, 3.63) is 29.8 Å². The van der Waals surface area contributed by atoms with Gasteiger partial charge >= 0.3 is 6.18 Å². The summed E-state index contributed by atoms with van der Waals surface area (Å²) in [6.07, 6.45) is 0.760. The molecule has 3 aliphatic rings. The van der Waals surface area contributed by atoms with Crippen molar-refractivity contribution in [3.8, 4) is 27.7 Å². The zero-order valence-electron chi connectivity index (χ0n) is 22.8. The Morgan fingerprint density at radius 2 is 2.02 bits per heavy atom. The minimum atomic E-state index is -4.44. The number of likely N-dealkylation sites (tertiary alicyclic amines) is 1. The van der Waals surface area contributed by atoms with E-state index in [0.29, 0.717) is 40.0 Å². The van der Waals surface area contributed by atoms with Crippen LogP contribution in [-0.4, -0.2) is 92.9 Å². The number of rotatable bonds is 7. The third-order valence-electron chi connectivity index (χ3n) is 8.52. The summed E-state index contributed by atoms with van der Waals surface area (Å²) in [6.45, 7) is 6.68. The van der Waals surface area contributed by atoms with Gasteiger partial charge in [-0.25, -0.2) is 14.5 Å². The number of alkyl halides is 3. The normalized spacial score (nSPS) is 21.9. The number of H-pyrrole nitrogens is 1. The number of aryl methyl sites for hydroxylation is 1. The first kappa shape index (κ1) is 26.7. The van der Waals surface area contributed by atoms with Gasteiger partial charge in [0, 0.05) is 62.3 Å². The van der Waals surface area contributed by atoms with E-state index in [9.17, 15) is 13.2 Å². The molecule has 10 nitrogen and oxygen atoms in total. The molecule has 41 heavy (non-hydrogen) atoms. The number of hydrogen-bond acceptors (Lipinski definition) is 9. The van der Waals surface area contributed by atoms with Crippen molar-refractivity contribution < 1.29 is 22.6 Å². The standard InChI is InChI=1S/C27H31F3N8O2S/c1-15-26(37-13-18-8-19(37)12-36(18)10-16-3-5-40-6-4-16)41-25(33-15)23-20(9-27(28,29)30)22(34-35-23)17-7-21(39-2)24-31-14-32-38(24)11-17/h7,11,14,16,18-19H,3-6,8-10,12-13H2,1-2H3,(H,34,35)/t18-,19-/m0/s1. The SMILES string of the molecule is COc1cc(-c2[nH]nc(-c3nc(C)c(N4C[C@@H]5C[C@H]4CN5CC4CCOCC4)s3)c2CC(F)(F)F)cn2ncnc12. The van der Waals surface area contributed by atoms with E-state index < -0.39 is 12.6 Å². The number of aromatic amines is 1. The summed E-state index contributed by atoms with van der Waals surface area (Å²) in [5.74, 6) is 1.09. The second-order valence-electron chi connectivity index (χ2n) is 11.2. The lowest BCUT2D eigenvalue weighted by Gasteiger charge is -2.37. The number of piperazine rings is 1. The van der Waals surface area contributed by atoms with Gasteiger partial charge in [-0.05, 0) is 38.2 Å². The zero-order chi connectivity index (χ0) is 28.3. The van der Waals surface area contributed by atoms with Gasteiger partial charge in [0.15, 0.2) is 11.4 Å². The van der Waals surface area contributed by atoms with Crippen molar-refractivity contribution in [1.82, 2.24) is 34.7 Å². The number of hydrogen-bond donors (Lipinski definition) is 1. The van der Waals surface area contributed by atoms with Gasteiger partial charge in [-0.15, -0.1) is 0 Å². The Kier molecular flexibility index (Phi) is 6.66. The zero-order valence-corrected chi connectivity index (χ0v) is 23.6. The molecule has 3 saturated heterocycles. The minimum Gasteiger partial charge on any atom is -0.493 e. The Balaban J connectivity index is 1.18. The average molecular weight is 589 g/mol. The van der Waals surface area contributed by atoms with Crippen molar-refractivity contribution in [2.45, 2.75) is 50.9 Å². The van der Waals surface area contributed by atoms with Crippen molar-refractivity contribution >= 4 is 22.0 Å². The van der Waals surface area contributed by atoms with Crippen molar-refractivity contribution in [2.24, 2.45) is 5.92 Å². The van der Waals surface area contributed by atoms with E-state index in [4.69, 9.17) is 14.5 Å². The fraction of sp³-hybridized carbons (Fsp3) is 0.556. The maximum absolute atomic E-state index is 13.9. The monoisotopic (exact) mass is 588 g/mol. The summed E-state index contributed by atoms with van der Waals surface area (Å²) in [7, 11) is 1.48. The highest BCUT2D eigenvalue weighted by Gasteiger charge is 2.45. The van der Waals surface area contributed by atoms with Crippen LogP contribution in [0.25, 0.3) is 27.6 Å². The Bertz CT molecular complexity index is 1560. The lowest BCUT2D eigenvalue weighted by molar-refractivity contribution is -0.127. The number of thiazole rings is 1. The number of methoxy groups -OCH3 is 1. The number of pyridine rings is 1. The van der Waals surface area contributed by atoms with Crippen LogP contribution in [0.3, 0.4) is 0 Å². The lowest BCUT2D eigenvalue weighted by Crippen LogP contribution is -2.48. The van der Waals surface area contributed by atoms with Gasteiger partial charge in [0.25, 0.3) is 0 Å².